The van der Waals surface area contributed by atoms with E-state index in [9.17, 15) is 4.57 Å². The lowest BCUT2D eigenvalue weighted by molar-refractivity contribution is 0.588. The monoisotopic (exact) mass is 167 g/mol. The van der Waals surface area contributed by atoms with Gasteiger partial charge >= 0.3 is 7.80 Å². The summed E-state index contributed by atoms with van der Waals surface area (Å²) in [5.41, 5.74) is 0.243. The van der Waals surface area contributed by atoms with E-state index in [4.69, 9.17) is 0 Å². The van der Waals surface area contributed by atoms with Crippen LogP contribution in [0.5, 0.6) is 0 Å². The largest absolute Gasteiger partial charge is 0.379 e. The fourth-order valence-electron chi connectivity index (χ4n) is 0.873. The Bertz CT molecular complexity index is 241. The van der Waals surface area contributed by atoms with E-state index in [1.807, 2.05) is 44.2 Å². The highest BCUT2D eigenvalue weighted by Gasteiger charge is 2.22. The first kappa shape index (κ1) is 8.42. The smallest absolute Gasteiger partial charge is 0.0678 e. The molecular formula is C9H12OP+. The van der Waals surface area contributed by atoms with Crippen molar-refractivity contribution < 1.29 is 4.57 Å². The van der Waals surface area contributed by atoms with Crippen LogP contribution in [0, 0.1) is 0 Å². The fourth-order valence-corrected chi connectivity index (χ4v) is 1.94. The maximum atomic E-state index is 11.5. The average Bonchev–Trinajstić information content (AvgIpc) is 2.05. The molecule has 1 rings (SSSR count). The van der Waals surface area contributed by atoms with Gasteiger partial charge in [0.2, 0.25) is 0 Å². The van der Waals surface area contributed by atoms with Gasteiger partial charge in [-0.05, 0) is 26.0 Å². The highest BCUT2D eigenvalue weighted by atomic mass is 31.1. The molecule has 0 fully saturated rings. The van der Waals surface area contributed by atoms with E-state index >= 15 is 0 Å². The lowest BCUT2D eigenvalue weighted by Gasteiger charge is -1.89. The van der Waals surface area contributed by atoms with E-state index in [2.05, 4.69) is 0 Å². The predicted molar refractivity (Wildman–Crippen MR) is 48.8 cm³/mol. The second kappa shape index (κ2) is 3.64. The molecule has 0 aromatic heterocycles. The second-order valence-corrected chi connectivity index (χ2v) is 4.96. The molecule has 0 heterocycles. The summed E-state index contributed by atoms with van der Waals surface area (Å²) in [5, 5.41) is 0.956. The Morgan fingerprint density at radius 2 is 1.73 bits per heavy atom. The molecule has 1 nitrogen and oxygen atoms in total. The summed E-state index contributed by atoms with van der Waals surface area (Å²) in [6.07, 6.45) is 0. The predicted octanol–water partition coefficient (Wildman–Crippen LogP) is 2.55. The third kappa shape index (κ3) is 2.13. The molecule has 0 amide bonds. The minimum absolute atomic E-state index is 0.243. The molecule has 0 radical (unpaired) electrons. The van der Waals surface area contributed by atoms with Crippen LogP contribution in [-0.2, 0) is 4.57 Å². The van der Waals surface area contributed by atoms with Gasteiger partial charge in [-0.3, -0.25) is 0 Å². The number of hydrogen-bond donors (Lipinski definition) is 0. The Morgan fingerprint density at radius 1 is 1.18 bits per heavy atom. The van der Waals surface area contributed by atoms with E-state index in [1.54, 1.807) is 0 Å². The lowest BCUT2D eigenvalue weighted by atomic mass is 10.4. The van der Waals surface area contributed by atoms with Gasteiger partial charge in [-0.2, -0.15) is 0 Å². The Balaban J connectivity index is 2.86. The van der Waals surface area contributed by atoms with Crippen molar-refractivity contribution in [2.24, 2.45) is 0 Å². The molecule has 1 aromatic carbocycles. The summed E-state index contributed by atoms with van der Waals surface area (Å²) >= 11 is 0. The van der Waals surface area contributed by atoms with Crippen LogP contribution in [-0.4, -0.2) is 5.66 Å². The molecule has 0 aliphatic carbocycles. The van der Waals surface area contributed by atoms with E-state index in [0.29, 0.717) is 0 Å². The molecule has 0 aliphatic heterocycles. The van der Waals surface area contributed by atoms with Gasteiger partial charge in [0, 0.05) is 0 Å². The maximum Gasteiger partial charge on any atom is 0.379 e. The molecule has 0 saturated heterocycles. The van der Waals surface area contributed by atoms with Crippen LogP contribution in [0.3, 0.4) is 0 Å². The zero-order valence-electron chi connectivity index (χ0n) is 6.82. The van der Waals surface area contributed by atoms with Crippen LogP contribution in [0.15, 0.2) is 30.3 Å². The van der Waals surface area contributed by atoms with E-state index < -0.39 is 7.80 Å². The molecule has 1 unspecified atom stereocenters. The van der Waals surface area contributed by atoms with Crippen molar-refractivity contribution in [3.63, 3.8) is 0 Å². The molecule has 0 aliphatic rings. The summed E-state index contributed by atoms with van der Waals surface area (Å²) in [7, 11) is -1.18. The summed E-state index contributed by atoms with van der Waals surface area (Å²) in [6.45, 7) is 3.96. The minimum Gasteiger partial charge on any atom is -0.0678 e. The van der Waals surface area contributed by atoms with Gasteiger partial charge in [0.25, 0.3) is 0 Å². The van der Waals surface area contributed by atoms with Crippen molar-refractivity contribution >= 4 is 13.1 Å². The van der Waals surface area contributed by atoms with Crippen molar-refractivity contribution in [1.82, 2.24) is 0 Å². The summed E-state index contributed by atoms with van der Waals surface area (Å²) < 4.78 is 11.5. The van der Waals surface area contributed by atoms with Crippen LogP contribution in [0.25, 0.3) is 0 Å². The van der Waals surface area contributed by atoms with Gasteiger partial charge in [0.05, 0.1) is 0 Å². The first-order valence-electron chi connectivity index (χ1n) is 3.73. The second-order valence-electron chi connectivity index (χ2n) is 2.76. The van der Waals surface area contributed by atoms with Gasteiger partial charge in [-0.25, -0.2) is 0 Å². The molecule has 11 heavy (non-hydrogen) atoms. The molecule has 0 N–H and O–H groups in total. The molecule has 58 valence electrons. The van der Waals surface area contributed by atoms with Gasteiger partial charge in [0.15, 0.2) is 11.0 Å². The normalized spacial score (nSPS) is 11.7. The number of rotatable bonds is 2. The van der Waals surface area contributed by atoms with E-state index in [-0.39, 0.29) is 5.66 Å². The van der Waals surface area contributed by atoms with Crippen molar-refractivity contribution in [2.75, 3.05) is 0 Å². The summed E-state index contributed by atoms with van der Waals surface area (Å²) in [5.74, 6) is 0. The molecule has 0 saturated carbocycles. The van der Waals surface area contributed by atoms with Crippen LogP contribution in [0.2, 0.25) is 0 Å². The van der Waals surface area contributed by atoms with Crippen molar-refractivity contribution in [2.45, 2.75) is 19.5 Å². The highest BCUT2D eigenvalue weighted by molar-refractivity contribution is 7.54. The van der Waals surface area contributed by atoms with Crippen LogP contribution in [0.1, 0.15) is 13.8 Å². The van der Waals surface area contributed by atoms with E-state index in [0.717, 1.165) is 5.30 Å². The van der Waals surface area contributed by atoms with Gasteiger partial charge in [-0.1, -0.05) is 22.8 Å². The molecule has 0 spiro atoms. The Hall–Kier alpha value is -0.680. The van der Waals surface area contributed by atoms with Gasteiger partial charge < -0.3 is 0 Å². The Morgan fingerprint density at radius 3 is 2.18 bits per heavy atom. The minimum atomic E-state index is -1.18. The first-order chi connectivity index (χ1) is 5.22. The average molecular weight is 167 g/mol. The molecule has 2 heteroatoms. The standard InChI is InChI=1S/C9H12OP/c1-8(2)11(10)9-6-4-3-5-7-9/h3-8H,1-2H3/q+1. The van der Waals surface area contributed by atoms with Gasteiger partial charge in [-0.15, -0.1) is 0 Å². The highest BCUT2D eigenvalue weighted by Crippen LogP contribution is 2.25. The van der Waals surface area contributed by atoms with Crippen LogP contribution in [0.4, 0.5) is 0 Å². The van der Waals surface area contributed by atoms with E-state index in [1.165, 1.54) is 0 Å². The number of benzene rings is 1. The lowest BCUT2D eigenvalue weighted by Crippen LogP contribution is -2.00. The SMILES string of the molecule is CC(C)[P+](=O)c1ccccc1. The zero-order chi connectivity index (χ0) is 8.27. The Kier molecular flexibility index (Phi) is 2.78. The molecule has 1 aromatic rings. The van der Waals surface area contributed by atoms with Crippen LogP contribution < -0.4 is 5.30 Å². The Labute approximate surface area is 68.2 Å². The van der Waals surface area contributed by atoms with Crippen LogP contribution >= 0.6 is 7.80 Å². The molecule has 0 bridgehead atoms. The number of hydrogen-bond acceptors (Lipinski definition) is 1. The fraction of sp³-hybridized carbons (Fsp3) is 0.333. The molecular weight excluding hydrogens is 155 g/mol. The third-order valence-corrected chi connectivity index (χ3v) is 3.22. The van der Waals surface area contributed by atoms with Crippen molar-refractivity contribution in [3.05, 3.63) is 30.3 Å². The topological polar surface area (TPSA) is 17.1 Å². The molecule has 1 atom stereocenters. The quantitative estimate of drug-likeness (QED) is 0.618. The maximum absolute atomic E-state index is 11.5. The summed E-state index contributed by atoms with van der Waals surface area (Å²) in [4.78, 5) is 0. The van der Waals surface area contributed by atoms with Crippen molar-refractivity contribution in [3.8, 4) is 0 Å². The summed E-state index contributed by atoms with van der Waals surface area (Å²) in [6, 6.07) is 9.61. The van der Waals surface area contributed by atoms with Gasteiger partial charge in [0.1, 0.15) is 0 Å². The zero-order valence-corrected chi connectivity index (χ0v) is 7.71. The van der Waals surface area contributed by atoms with Crippen molar-refractivity contribution in [1.29, 1.82) is 0 Å². The first-order valence-corrected chi connectivity index (χ1v) is 5.06. The third-order valence-electron chi connectivity index (χ3n) is 1.48.